The fraction of sp³-hybridized carbons (Fsp3) is 0.0769. The average Bonchev–Trinajstić information content (AvgIpc) is 2.90. The van der Waals surface area contributed by atoms with Crippen molar-refractivity contribution in [2.45, 2.75) is 6.04 Å². The van der Waals surface area contributed by atoms with Crippen molar-refractivity contribution in [2.24, 2.45) is 0 Å². The molecule has 1 unspecified atom stereocenters. The van der Waals surface area contributed by atoms with E-state index in [0.29, 0.717) is 16.1 Å². The summed E-state index contributed by atoms with van der Waals surface area (Å²) in [6.07, 6.45) is 0. The third kappa shape index (κ3) is 3.13. The van der Waals surface area contributed by atoms with Crippen molar-refractivity contribution in [1.29, 1.82) is 5.26 Å². The summed E-state index contributed by atoms with van der Waals surface area (Å²) in [4.78, 5) is 12.0. The van der Waals surface area contributed by atoms with Crippen LogP contribution in [0.15, 0.2) is 40.2 Å². The maximum absolute atomic E-state index is 11.3. The molecule has 0 aliphatic carbocycles. The number of thiophene rings is 1. The number of hydrogen-bond donors (Lipinski definition) is 2. The molecule has 4 nitrogen and oxygen atoms in total. The minimum absolute atomic E-state index is 0.400. The third-order valence-electron chi connectivity index (χ3n) is 2.48. The largest absolute Gasteiger partial charge is 0.479 e. The second-order valence-electron chi connectivity index (χ2n) is 3.73. The molecule has 19 heavy (non-hydrogen) atoms. The molecule has 1 aromatic heterocycles. The van der Waals surface area contributed by atoms with Gasteiger partial charge in [0.25, 0.3) is 0 Å². The summed E-state index contributed by atoms with van der Waals surface area (Å²) >= 11 is 4.64. The first-order valence-corrected chi connectivity index (χ1v) is 7.01. The molecule has 0 spiro atoms. The van der Waals surface area contributed by atoms with Crippen LogP contribution in [-0.2, 0) is 4.79 Å². The Balaban J connectivity index is 2.33. The van der Waals surface area contributed by atoms with Gasteiger partial charge in [0.1, 0.15) is 6.07 Å². The van der Waals surface area contributed by atoms with E-state index in [9.17, 15) is 9.90 Å². The Morgan fingerprint density at radius 3 is 2.84 bits per heavy atom. The molecule has 1 aromatic carbocycles. The van der Waals surface area contributed by atoms with Gasteiger partial charge in [-0.1, -0.05) is 22.0 Å². The third-order valence-corrected chi connectivity index (χ3v) is 3.91. The lowest BCUT2D eigenvalue weighted by Gasteiger charge is -2.15. The molecule has 1 atom stereocenters. The van der Waals surface area contributed by atoms with E-state index >= 15 is 0 Å². The van der Waals surface area contributed by atoms with Crippen LogP contribution in [0.5, 0.6) is 0 Å². The standard InChI is InChI=1S/C13H9BrN2O2S/c14-9-3-4-10(8(6-9)7-15)16-12(13(17)18)11-2-1-5-19-11/h1-6,12,16H,(H,17,18). The molecule has 2 N–H and O–H groups in total. The van der Waals surface area contributed by atoms with Crippen LogP contribution in [-0.4, -0.2) is 11.1 Å². The van der Waals surface area contributed by atoms with E-state index in [1.807, 2.05) is 11.4 Å². The number of carboxylic acids is 1. The molecule has 0 radical (unpaired) electrons. The number of benzene rings is 1. The number of nitrogens with zero attached hydrogens (tertiary/aromatic N) is 1. The van der Waals surface area contributed by atoms with Gasteiger partial charge in [0, 0.05) is 9.35 Å². The Morgan fingerprint density at radius 2 is 2.26 bits per heavy atom. The Kier molecular flexibility index (Phi) is 4.20. The zero-order chi connectivity index (χ0) is 13.8. The first kappa shape index (κ1) is 13.6. The van der Waals surface area contributed by atoms with Crippen molar-refractivity contribution in [3.63, 3.8) is 0 Å². The first-order valence-electron chi connectivity index (χ1n) is 5.34. The smallest absolute Gasteiger partial charge is 0.331 e. The van der Waals surface area contributed by atoms with Crippen LogP contribution in [0.3, 0.4) is 0 Å². The van der Waals surface area contributed by atoms with Gasteiger partial charge in [0.05, 0.1) is 11.3 Å². The van der Waals surface area contributed by atoms with Crippen LogP contribution in [0, 0.1) is 11.3 Å². The van der Waals surface area contributed by atoms with E-state index < -0.39 is 12.0 Å². The summed E-state index contributed by atoms with van der Waals surface area (Å²) in [5, 5.41) is 23.1. The van der Waals surface area contributed by atoms with Gasteiger partial charge < -0.3 is 10.4 Å². The molecule has 0 amide bonds. The molecule has 0 aliphatic heterocycles. The van der Waals surface area contributed by atoms with Crippen LogP contribution >= 0.6 is 27.3 Å². The van der Waals surface area contributed by atoms with Crippen molar-refractivity contribution in [2.75, 3.05) is 5.32 Å². The zero-order valence-electron chi connectivity index (χ0n) is 9.63. The molecule has 0 saturated heterocycles. The Morgan fingerprint density at radius 1 is 1.47 bits per heavy atom. The van der Waals surface area contributed by atoms with Crippen LogP contribution in [0.2, 0.25) is 0 Å². The Labute approximate surface area is 122 Å². The molecule has 6 heteroatoms. The molecule has 0 aliphatic rings. The number of carboxylic acid groups (broad SMARTS) is 1. The van der Waals surface area contributed by atoms with E-state index in [2.05, 4.69) is 21.2 Å². The monoisotopic (exact) mass is 336 g/mol. The van der Waals surface area contributed by atoms with E-state index in [4.69, 9.17) is 5.26 Å². The summed E-state index contributed by atoms with van der Waals surface area (Å²) in [5.41, 5.74) is 0.906. The number of aliphatic carboxylic acids is 1. The van der Waals surface area contributed by atoms with E-state index in [1.165, 1.54) is 11.3 Å². The first-order chi connectivity index (χ1) is 9.11. The highest BCUT2D eigenvalue weighted by molar-refractivity contribution is 9.10. The number of rotatable bonds is 4. The molecule has 1 heterocycles. The topological polar surface area (TPSA) is 73.1 Å². The highest BCUT2D eigenvalue weighted by Crippen LogP contribution is 2.27. The minimum atomic E-state index is -0.978. The maximum Gasteiger partial charge on any atom is 0.331 e. The number of halogens is 1. The molecular formula is C13H9BrN2O2S. The van der Waals surface area contributed by atoms with Crippen LogP contribution in [0.4, 0.5) is 5.69 Å². The summed E-state index contributed by atoms with van der Waals surface area (Å²) in [6, 6.07) is 9.83. The van der Waals surface area contributed by atoms with Gasteiger partial charge in [-0.2, -0.15) is 5.26 Å². The fourth-order valence-corrected chi connectivity index (χ4v) is 2.73. The predicted molar refractivity (Wildman–Crippen MR) is 77.2 cm³/mol. The van der Waals surface area contributed by atoms with Gasteiger partial charge in [-0.05, 0) is 29.6 Å². The van der Waals surface area contributed by atoms with Crippen LogP contribution in [0.1, 0.15) is 16.5 Å². The quantitative estimate of drug-likeness (QED) is 0.894. The van der Waals surface area contributed by atoms with E-state index in [0.717, 1.165) is 4.47 Å². The fourth-order valence-electron chi connectivity index (χ4n) is 1.60. The summed E-state index contributed by atoms with van der Waals surface area (Å²) < 4.78 is 0.776. The summed E-state index contributed by atoms with van der Waals surface area (Å²) in [7, 11) is 0. The van der Waals surface area contributed by atoms with Crippen molar-refractivity contribution < 1.29 is 9.90 Å². The van der Waals surface area contributed by atoms with Gasteiger partial charge in [0.15, 0.2) is 6.04 Å². The molecule has 0 bridgehead atoms. The average molecular weight is 337 g/mol. The SMILES string of the molecule is N#Cc1cc(Br)ccc1NC(C(=O)O)c1cccs1. The highest BCUT2D eigenvalue weighted by Gasteiger charge is 2.21. The van der Waals surface area contributed by atoms with Crippen molar-refractivity contribution >= 4 is 38.9 Å². The summed E-state index contributed by atoms with van der Waals surface area (Å²) in [6.45, 7) is 0. The molecule has 2 aromatic rings. The normalized spacial score (nSPS) is 11.6. The molecule has 0 saturated carbocycles. The number of nitrogens with one attached hydrogen (secondary N) is 1. The minimum Gasteiger partial charge on any atom is -0.479 e. The van der Waals surface area contributed by atoms with Crippen molar-refractivity contribution in [3.05, 3.63) is 50.6 Å². The van der Waals surface area contributed by atoms with Crippen LogP contribution in [0.25, 0.3) is 0 Å². The molecule has 96 valence electrons. The van der Waals surface area contributed by atoms with Gasteiger partial charge in [0.2, 0.25) is 0 Å². The zero-order valence-corrected chi connectivity index (χ0v) is 12.0. The number of hydrogen-bond acceptors (Lipinski definition) is 4. The molecule has 2 rings (SSSR count). The lowest BCUT2D eigenvalue weighted by Crippen LogP contribution is -2.19. The second kappa shape index (κ2) is 5.87. The maximum atomic E-state index is 11.3. The predicted octanol–water partition coefficient (Wildman–Crippen LogP) is 3.62. The Hall–Kier alpha value is -1.84. The number of anilines is 1. The van der Waals surface area contributed by atoms with Gasteiger partial charge in [-0.25, -0.2) is 4.79 Å². The lowest BCUT2D eigenvalue weighted by atomic mass is 10.1. The number of carbonyl (C=O) groups is 1. The number of nitriles is 1. The van der Waals surface area contributed by atoms with Crippen molar-refractivity contribution in [1.82, 2.24) is 0 Å². The van der Waals surface area contributed by atoms with Crippen LogP contribution < -0.4 is 5.32 Å². The molecular weight excluding hydrogens is 328 g/mol. The van der Waals surface area contributed by atoms with E-state index in [-0.39, 0.29) is 0 Å². The van der Waals surface area contributed by atoms with Gasteiger partial charge in [-0.3, -0.25) is 0 Å². The Bertz CT molecular complexity index is 635. The summed E-state index contributed by atoms with van der Waals surface area (Å²) in [5.74, 6) is -0.978. The van der Waals surface area contributed by atoms with Gasteiger partial charge >= 0.3 is 5.97 Å². The molecule has 0 fully saturated rings. The lowest BCUT2D eigenvalue weighted by molar-refractivity contribution is -0.138. The van der Waals surface area contributed by atoms with Crippen molar-refractivity contribution in [3.8, 4) is 6.07 Å². The van der Waals surface area contributed by atoms with Gasteiger partial charge in [-0.15, -0.1) is 11.3 Å². The highest BCUT2D eigenvalue weighted by atomic mass is 79.9. The second-order valence-corrected chi connectivity index (χ2v) is 5.63. The van der Waals surface area contributed by atoms with E-state index in [1.54, 1.807) is 30.3 Å².